The Balaban J connectivity index is 2.03. The van der Waals surface area contributed by atoms with Crippen molar-refractivity contribution in [2.24, 2.45) is 0 Å². The first-order valence-corrected chi connectivity index (χ1v) is 7.51. The number of hydrogen-bond acceptors (Lipinski definition) is 3. The summed E-state index contributed by atoms with van der Waals surface area (Å²) in [5.41, 5.74) is 3.73. The molecule has 0 aliphatic rings. The largest absolute Gasteiger partial charge is 0.436 e. The van der Waals surface area contributed by atoms with E-state index in [9.17, 15) is 4.79 Å². The van der Waals surface area contributed by atoms with E-state index >= 15 is 0 Å². The van der Waals surface area contributed by atoms with Crippen LogP contribution in [0.25, 0.3) is 22.6 Å². The fourth-order valence-electron chi connectivity index (χ4n) is 2.18. The maximum atomic E-state index is 11.4. The van der Waals surface area contributed by atoms with Crippen molar-refractivity contribution in [3.05, 3.63) is 47.0 Å². The number of rotatable bonds is 3. The molecule has 1 amide bonds. The summed E-state index contributed by atoms with van der Waals surface area (Å²) in [6.45, 7) is 1.90. The van der Waals surface area contributed by atoms with Crippen LogP contribution in [-0.2, 0) is 4.79 Å². The van der Waals surface area contributed by atoms with Crippen LogP contribution in [-0.4, -0.2) is 16.8 Å². The summed E-state index contributed by atoms with van der Waals surface area (Å²) < 4.78 is 5.82. The molecule has 0 aliphatic heterocycles. The van der Waals surface area contributed by atoms with Crippen LogP contribution in [0.4, 0.5) is 5.69 Å². The van der Waals surface area contributed by atoms with Gasteiger partial charge in [0.1, 0.15) is 11.4 Å². The van der Waals surface area contributed by atoms with Crippen LogP contribution in [0, 0.1) is 6.92 Å². The van der Waals surface area contributed by atoms with E-state index in [1.165, 1.54) is 0 Å². The van der Waals surface area contributed by atoms with E-state index in [1.807, 2.05) is 25.1 Å². The standard InChI is InChI=1S/C16H12Cl2N2O2/c1-9-6-12(19-14(21)8-17)7-13-15(9)22-16(20-13)10-2-4-11(18)5-3-10/h2-7H,8H2,1H3,(H,19,21). The third kappa shape index (κ3) is 2.93. The number of benzene rings is 2. The summed E-state index contributed by atoms with van der Waals surface area (Å²) in [6, 6.07) is 10.8. The molecule has 0 bridgehead atoms. The lowest BCUT2D eigenvalue weighted by Gasteiger charge is -2.03. The highest BCUT2D eigenvalue weighted by Crippen LogP contribution is 2.29. The molecule has 112 valence electrons. The predicted octanol–water partition coefficient (Wildman–Crippen LogP) is 4.63. The summed E-state index contributed by atoms with van der Waals surface area (Å²) >= 11 is 11.4. The number of halogens is 2. The van der Waals surface area contributed by atoms with E-state index in [0.717, 1.165) is 11.1 Å². The lowest BCUT2D eigenvalue weighted by atomic mass is 10.2. The fraction of sp³-hybridized carbons (Fsp3) is 0.125. The predicted molar refractivity (Wildman–Crippen MR) is 88.5 cm³/mol. The van der Waals surface area contributed by atoms with Crippen molar-refractivity contribution in [2.45, 2.75) is 6.92 Å². The minimum atomic E-state index is -0.262. The van der Waals surface area contributed by atoms with Crippen molar-refractivity contribution in [2.75, 3.05) is 11.2 Å². The van der Waals surface area contributed by atoms with Crippen LogP contribution < -0.4 is 5.32 Å². The van der Waals surface area contributed by atoms with Crippen LogP contribution in [0.3, 0.4) is 0 Å². The van der Waals surface area contributed by atoms with Gasteiger partial charge < -0.3 is 9.73 Å². The monoisotopic (exact) mass is 334 g/mol. The second-order valence-corrected chi connectivity index (χ2v) is 5.55. The van der Waals surface area contributed by atoms with E-state index in [0.29, 0.717) is 27.7 Å². The Kier molecular flexibility index (Phi) is 4.05. The van der Waals surface area contributed by atoms with E-state index in [-0.39, 0.29) is 11.8 Å². The molecule has 0 saturated carbocycles. The van der Waals surface area contributed by atoms with E-state index in [2.05, 4.69) is 10.3 Å². The number of nitrogens with one attached hydrogen (secondary N) is 1. The van der Waals surface area contributed by atoms with Gasteiger partial charge in [-0.05, 0) is 48.9 Å². The van der Waals surface area contributed by atoms with Crippen molar-refractivity contribution in [3.8, 4) is 11.5 Å². The Hall–Kier alpha value is -2.04. The molecule has 2 aromatic carbocycles. The fourth-order valence-corrected chi connectivity index (χ4v) is 2.38. The number of carbonyl (C=O) groups is 1. The third-order valence-electron chi connectivity index (χ3n) is 3.17. The van der Waals surface area contributed by atoms with E-state index in [1.54, 1.807) is 18.2 Å². The second-order valence-electron chi connectivity index (χ2n) is 4.85. The number of anilines is 1. The average molecular weight is 335 g/mol. The maximum absolute atomic E-state index is 11.4. The number of amides is 1. The Bertz CT molecular complexity index is 841. The molecule has 0 aliphatic carbocycles. The molecule has 1 aromatic heterocycles. The maximum Gasteiger partial charge on any atom is 0.239 e. The van der Waals surface area contributed by atoms with Gasteiger partial charge in [-0.25, -0.2) is 4.98 Å². The molecule has 0 radical (unpaired) electrons. The first kappa shape index (κ1) is 14.9. The number of alkyl halides is 1. The summed E-state index contributed by atoms with van der Waals surface area (Å²) in [5.74, 6) is 0.156. The zero-order valence-electron chi connectivity index (χ0n) is 11.7. The summed E-state index contributed by atoms with van der Waals surface area (Å²) in [4.78, 5) is 15.9. The molecule has 3 rings (SSSR count). The molecule has 0 fully saturated rings. The molecule has 6 heteroatoms. The average Bonchev–Trinajstić information content (AvgIpc) is 2.92. The molecule has 1 N–H and O–H groups in total. The summed E-state index contributed by atoms with van der Waals surface area (Å²) in [5, 5.41) is 3.37. The van der Waals surface area contributed by atoms with Gasteiger partial charge >= 0.3 is 0 Å². The molecule has 0 saturated heterocycles. The van der Waals surface area contributed by atoms with Crippen LogP contribution >= 0.6 is 23.2 Å². The van der Waals surface area contributed by atoms with Crippen molar-refractivity contribution < 1.29 is 9.21 Å². The normalized spacial score (nSPS) is 10.9. The van der Waals surface area contributed by atoms with Gasteiger partial charge in [-0.1, -0.05) is 11.6 Å². The molecule has 22 heavy (non-hydrogen) atoms. The highest BCUT2D eigenvalue weighted by molar-refractivity contribution is 6.30. The number of aromatic nitrogens is 1. The van der Waals surface area contributed by atoms with Gasteiger partial charge in [-0.2, -0.15) is 0 Å². The van der Waals surface area contributed by atoms with Crippen LogP contribution in [0.5, 0.6) is 0 Å². The molecule has 3 aromatic rings. The Morgan fingerprint density at radius 3 is 2.68 bits per heavy atom. The number of carbonyl (C=O) groups excluding carboxylic acids is 1. The minimum absolute atomic E-state index is 0.0913. The van der Waals surface area contributed by atoms with Crippen LogP contribution in [0.15, 0.2) is 40.8 Å². The number of oxazole rings is 1. The zero-order valence-corrected chi connectivity index (χ0v) is 13.2. The molecule has 0 spiro atoms. The lowest BCUT2D eigenvalue weighted by molar-refractivity contribution is -0.113. The quantitative estimate of drug-likeness (QED) is 0.710. The lowest BCUT2D eigenvalue weighted by Crippen LogP contribution is -2.12. The van der Waals surface area contributed by atoms with Crippen molar-refractivity contribution in [1.29, 1.82) is 0 Å². The van der Waals surface area contributed by atoms with Gasteiger partial charge in [0.25, 0.3) is 0 Å². The SMILES string of the molecule is Cc1cc(NC(=O)CCl)cc2nc(-c3ccc(Cl)cc3)oc12. The summed E-state index contributed by atoms with van der Waals surface area (Å²) in [7, 11) is 0. The molecule has 0 unspecified atom stereocenters. The third-order valence-corrected chi connectivity index (χ3v) is 3.67. The first-order valence-electron chi connectivity index (χ1n) is 6.60. The molecular weight excluding hydrogens is 323 g/mol. The van der Waals surface area contributed by atoms with Crippen molar-refractivity contribution >= 4 is 45.9 Å². The topological polar surface area (TPSA) is 55.1 Å². The summed E-state index contributed by atoms with van der Waals surface area (Å²) in [6.07, 6.45) is 0. The van der Waals surface area contributed by atoms with Gasteiger partial charge in [0.15, 0.2) is 5.58 Å². The van der Waals surface area contributed by atoms with E-state index in [4.69, 9.17) is 27.6 Å². The van der Waals surface area contributed by atoms with Crippen LogP contribution in [0.1, 0.15) is 5.56 Å². The van der Waals surface area contributed by atoms with Crippen molar-refractivity contribution in [1.82, 2.24) is 4.98 Å². The first-order chi connectivity index (χ1) is 10.6. The Labute approximate surface area is 137 Å². The number of nitrogens with zero attached hydrogens (tertiary/aromatic N) is 1. The minimum Gasteiger partial charge on any atom is -0.436 e. The van der Waals surface area contributed by atoms with Gasteiger partial charge in [0.05, 0.1) is 0 Å². The van der Waals surface area contributed by atoms with Gasteiger partial charge in [0.2, 0.25) is 11.8 Å². The number of aryl methyl sites for hydroxylation is 1. The smallest absolute Gasteiger partial charge is 0.239 e. The Morgan fingerprint density at radius 1 is 1.27 bits per heavy atom. The zero-order chi connectivity index (χ0) is 15.7. The van der Waals surface area contributed by atoms with Crippen molar-refractivity contribution in [3.63, 3.8) is 0 Å². The van der Waals surface area contributed by atoms with Gasteiger partial charge in [-0.15, -0.1) is 11.6 Å². The van der Waals surface area contributed by atoms with Gasteiger partial charge in [-0.3, -0.25) is 4.79 Å². The highest BCUT2D eigenvalue weighted by atomic mass is 35.5. The second kappa shape index (κ2) is 5.99. The number of fused-ring (bicyclic) bond motifs is 1. The Morgan fingerprint density at radius 2 is 2.00 bits per heavy atom. The molecule has 1 heterocycles. The molecule has 4 nitrogen and oxygen atoms in total. The molecular formula is C16H12Cl2N2O2. The highest BCUT2D eigenvalue weighted by Gasteiger charge is 2.12. The molecule has 0 atom stereocenters. The van der Waals surface area contributed by atoms with Crippen LogP contribution in [0.2, 0.25) is 5.02 Å². The van der Waals surface area contributed by atoms with E-state index < -0.39 is 0 Å². The number of hydrogen-bond donors (Lipinski definition) is 1. The van der Waals surface area contributed by atoms with Gasteiger partial charge in [0, 0.05) is 16.3 Å².